The highest BCUT2D eigenvalue weighted by molar-refractivity contribution is 4.93. The van der Waals surface area contributed by atoms with Crippen molar-refractivity contribution in [1.82, 2.24) is 19.4 Å². The Morgan fingerprint density at radius 2 is 2.14 bits per heavy atom. The smallest absolute Gasteiger partial charge is 0.371 e. The number of ether oxygens (including phenoxy) is 1. The van der Waals surface area contributed by atoms with E-state index in [-0.39, 0.29) is 6.61 Å². The van der Waals surface area contributed by atoms with Gasteiger partial charge in [0.1, 0.15) is 12.4 Å². The number of hydrogen-bond donors (Lipinski definition) is 0. The van der Waals surface area contributed by atoms with Crippen molar-refractivity contribution in [2.75, 3.05) is 39.4 Å². The second kappa shape index (κ2) is 7.43. The number of halogens is 3. The van der Waals surface area contributed by atoms with Gasteiger partial charge in [-0.15, -0.1) is 0 Å². The van der Waals surface area contributed by atoms with E-state index < -0.39 is 12.8 Å². The standard InChI is InChI=1S/C14H23F3N4O/c1-12-9-20(7-8-22-11-14(15,16)17)5-6-21(12)10-13-18-3-4-19(13)2/h3-4,12H,5-11H2,1-2H3/t12-/m0/s1. The highest BCUT2D eigenvalue weighted by Gasteiger charge is 2.28. The molecule has 1 aliphatic rings. The van der Waals surface area contributed by atoms with E-state index in [0.717, 1.165) is 32.0 Å². The summed E-state index contributed by atoms with van der Waals surface area (Å²) in [4.78, 5) is 8.82. The van der Waals surface area contributed by atoms with Gasteiger partial charge < -0.3 is 9.30 Å². The average Bonchev–Trinajstić information content (AvgIpc) is 2.82. The van der Waals surface area contributed by atoms with E-state index in [1.54, 1.807) is 6.20 Å². The van der Waals surface area contributed by atoms with Gasteiger partial charge in [-0.2, -0.15) is 13.2 Å². The monoisotopic (exact) mass is 320 g/mol. The first-order chi connectivity index (χ1) is 10.3. The van der Waals surface area contributed by atoms with Crippen LogP contribution in [0.25, 0.3) is 0 Å². The van der Waals surface area contributed by atoms with Crippen molar-refractivity contribution < 1.29 is 17.9 Å². The SMILES string of the molecule is C[C@H]1CN(CCOCC(F)(F)F)CCN1Cc1nccn1C. The largest absolute Gasteiger partial charge is 0.411 e. The third-order valence-electron chi connectivity index (χ3n) is 3.93. The lowest BCUT2D eigenvalue weighted by molar-refractivity contribution is -0.174. The minimum atomic E-state index is -4.24. The summed E-state index contributed by atoms with van der Waals surface area (Å²) in [6.07, 6.45) is -0.531. The molecule has 22 heavy (non-hydrogen) atoms. The van der Waals surface area contributed by atoms with Crippen LogP contribution in [0.1, 0.15) is 12.7 Å². The normalized spacial score (nSPS) is 21.4. The van der Waals surface area contributed by atoms with Gasteiger partial charge in [0.15, 0.2) is 0 Å². The van der Waals surface area contributed by atoms with Gasteiger partial charge in [0, 0.05) is 51.7 Å². The molecule has 8 heteroatoms. The minimum absolute atomic E-state index is 0.117. The summed E-state index contributed by atoms with van der Waals surface area (Å²) in [6.45, 7) is 4.97. The zero-order chi connectivity index (χ0) is 16.2. The molecule has 0 N–H and O–H groups in total. The van der Waals surface area contributed by atoms with Crippen LogP contribution in [0.15, 0.2) is 12.4 Å². The maximum absolute atomic E-state index is 12.0. The van der Waals surface area contributed by atoms with Crippen molar-refractivity contribution in [1.29, 1.82) is 0 Å². The number of rotatable bonds is 6. The maximum Gasteiger partial charge on any atom is 0.411 e. The molecule has 0 bridgehead atoms. The van der Waals surface area contributed by atoms with Gasteiger partial charge >= 0.3 is 6.18 Å². The summed E-state index contributed by atoms with van der Waals surface area (Å²) in [7, 11) is 1.97. The number of hydrogen-bond acceptors (Lipinski definition) is 4. The van der Waals surface area contributed by atoms with Gasteiger partial charge in [0.05, 0.1) is 13.2 Å². The second-order valence-corrected chi connectivity index (χ2v) is 5.74. The molecule has 0 unspecified atom stereocenters. The first-order valence-corrected chi connectivity index (χ1v) is 7.42. The van der Waals surface area contributed by atoms with Crippen LogP contribution in [0, 0.1) is 0 Å². The summed E-state index contributed by atoms with van der Waals surface area (Å²) < 4.78 is 42.7. The van der Waals surface area contributed by atoms with Crippen molar-refractivity contribution >= 4 is 0 Å². The molecule has 2 heterocycles. The van der Waals surface area contributed by atoms with Crippen molar-refractivity contribution in [3.63, 3.8) is 0 Å². The topological polar surface area (TPSA) is 33.5 Å². The molecule has 0 aliphatic carbocycles. The number of piperazine rings is 1. The van der Waals surface area contributed by atoms with Crippen molar-refractivity contribution in [3.05, 3.63) is 18.2 Å². The fraction of sp³-hybridized carbons (Fsp3) is 0.786. The summed E-state index contributed by atoms with van der Waals surface area (Å²) in [6, 6.07) is 0.341. The molecule has 0 aromatic carbocycles. The summed E-state index contributed by atoms with van der Waals surface area (Å²) >= 11 is 0. The fourth-order valence-electron chi connectivity index (χ4n) is 2.62. The predicted molar refractivity (Wildman–Crippen MR) is 76.4 cm³/mol. The minimum Gasteiger partial charge on any atom is -0.371 e. The first-order valence-electron chi connectivity index (χ1n) is 7.42. The van der Waals surface area contributed by atoms with Crippen LogP contribution in [0.3, 0.4) is 0 Å². The predicted octanol–water partition coefficient (Wildman–Crippen LogP) is 1.51. The van der Waals surface area contributed by atoms with E-state index in [1.807, 2.05) is 17.8 Å². The van der Waals surface area contributed by atoms with Crippen LogP contribution in [0.2, 0.25) is 0 Å². The zero-order valence-corrected chi connectivity index (χ0v) is 13.0. The highest BCUT2D eigenvalue weighted by Crippen LogP contribution is 2.15. The lowest BCUT2D eigenvalue weighted by Crippen LogP contribution is -2.52. The van der Waals surface area contributed by atoms with Crippen LogP contribution in [0.5, 0.6) is 0 Å². The average molecular weight is 320 g/mol. The number of aromatic nitrogens is 2. The molecule has 1 fully saturated rings. The zero-order valence-electron chi connectivity index (χ0n) is 13.0. The lowest BCUT2D eigenvalue weighted by Gasteiger charge is -2.39. The summed E-state index contributed by atoms with van der Waals surface area (Å²) in [5.41, 5.74) is 0. The maximum atomic E-state index is 12.0. The van der Waals surface area contributed by atoms with Crippen molar-refractivity contribution in [2.45, 2.75) is 25.7 Å². The Hall–Kier alpha value is -1.12. The van der Waals surface area contributed by atoms with E-state index in [9.17, 15) is 13.2 Å². The quantitative estimate of drug-likeness (QED) is 0.744. The number of imidazole rings is 1. The van der Waals surface area contributed by atoms with E-state index in [4.69, 9.17) is 0 Å². The first kappa shape index (κ1) is 17.2. The van der Waals surface area contributed by atoms with Crippen LogP contribution in [-0.4, -0.2) is 71.0 Å². The molecule has 1 atom stereocenters. The van der Waals surface area contributed by atoms with Crippen molar-refractivity contribution in [3.8, 4) is 0 Å². The molecular weight excluding hydrogens is 297 g/mol. The van der Waals surface area contributed by atoms with E-state index in [0.29, 0.717) is 12.6 Å². The fourth-order valence-corrected chi connectivity index (χ4v) is 2.62. The third-order valence-corrected chi connectivity index (χ3v) is 3.93. The molecule has 1 aromatic heterocycles. The van der Waals surface area contributed by atoms with E-state index >= 15 is 0 Å². The third kappa shape index (κ3) is 5.26. The van der Waals surface area contributed by atoms with Gasteiger partial charge in [0.25, 0.3) is 0 Å². The van der Waals surface area contributed by atoms with E-state index in [1.165, 1.54) is 0 Å². The van der Waals surface area contributed by atoms with Gasteiger partial charge in [-0.1, -0.05) is 0 Å². The molecule has 0 spiro atoms. The Kier molecular flexibility index (Phi) is 5.82. The number of alkyl halides is 3. The lowest BCUT2D eigenvalue weighted by atomic mass is 10.2. The Labute approximate surface area is 128 Å². The Morgan fingerprint density at radius 3 is 2.73 bits per heavy atom. The molecule has 0 saturated carbocycles. The van der Waals surface area contributed by atoms with Crippen LogP contribution >= 0.6 is 0 Å². The Morgan fingerprint density at radius 1 is 1.36 bits per heavy atom. The van der Waals surface area contributed by atoms with Gasteiger partial charge in [-0.05, 0) is 6.92 Å². The molecule has 0 radical (unpaired) electrons. The number of nitrogens with zero attached hydrogens (tertiary/aromatic N) is 4. The molecular formula is C14H23F3N4O. The molecule has 2 rings (SSSR count). The highest BCUT2D eigenvalue weighted by atomic mass is 19.4. The van der Waals surface area contributed by atoms with Crippen LogP contribution in [0.4, 0.5) is 13.2 Å². The second-order valence-electron chi connectivity index (χ2n) is 5.74. The van der Waals surface area contributed by atoms with Gasteiger partial charge in [-0.3, -0.25) is 9.80 Å². The molecule has 1 saturated heterocycles. The Balaban J connectivity index is 1.70. The van der Waals surface area contributed by atoms with Crippen molar-refractivity contribution in [2.24, 2.45) is 7.05 Å². The molecule has 1 aromatic rings. The van der Waals surface area contributed by atoms with Crippen LogP contribution in [-0.2, 0) is 18.3 Å². The summed E-state index contributed by atoms with van der Waals surface area (Å²) in [5, 5.41) is 0. The van der Waals surface area contributed by atoms with Gasteiger partial charge in [0.2, 0.25) is 0 Å². The molecule has 1 aliphatic heterocycles. The summed E-state index contributed by atoms with van der Waals surface area (Å²) in [5.74, 6) is 1.02. The number of aryl methyl sites for hydroxylation is 1. The molecule has 126 valence electrons. The van der Waals surface area contributed by atoms with Crippen LogP contribution < -0.4 is 0 Å². The van der Waals surface area contributed by atoms with E-state index in [2.05, 4.69) is 26.4 Å². The van der Waals surface area contributed by atoms with Gasteiger partial charge in [-0.25, -0.2) is 4.98 Å². The molecule has 0 amide bonds. The Bertz CT molecular complexity index is 463. The molecule has 5 nitrogen and oxygen atoms in total.